The fourth-order valence-electron chi connectivity index (χ4n) is 3.68. The third-order valence-corrected chi connectivity index (χ3v) is 6.24. The first-order valence-electron chi connectivity index (χ1n) is 12.1. The number of aliphatic imine (C=N–C) groups is 1. The Morgan fingerprint density at radius 2 is 1.81 bits per heavy atom. The number of nitrogens with one attached hydrogen (secondary N) is 3. The van der Waals surface area contributed by atoms with Crippen molar-refractivity contribution in [1.82, 2.24) is 15.4 Å². The molecule has 0 aromatic heterocycles. The Morgan fingerprint density at radius 3 is 2.51 bits per heavy atom. The number of ether oxygens (including phenoxy) is 1. The van der Waals surface area contributed by atoms with E-state index in [9.17, 15) is 18.0 Å². The predicted octanol–water partition coefficient (Wildman–Crippen LogP) is 2.90. The van der Waals surface area contributed by atoms with E-state index in [1.807, 2.05) is 67.6 Å². The van der Waals surface area contributed by atoms with Gasteiger partial charge in [-0.15, -0.1) is 0 Å². The Labute approximate surface area is 217 Å². The minimum atomic E-state index is -3.78. The SMILES string of the molecule is Cc1ccc(C2=CCCC(NC(=O)[C@H](CCCCNS(N)(=O)=O)NC(=O)OCc3ccccc3)=N2)cc1. The summed E-state index contributed by atoms with van der Waals surface area (Å²) in [5.41, 5.74) is 3.70. The number of rotatable bonds is 11. The molecule has 37 heavy (non-hydrogen) atoms. The monoisotopic (exact) mass is 527 g/mol. The average molecular weight is 528 g/mol. The Hall–Kier alpha value is -3.54. The molecule has 0 saturated carbocycles. The number of unbranched alkanes of at least 4 members (excludes halogenated alkanes) is 1. The molecule has 1 atom stereocenters. The molecule has 0 saturated heterocycles. The van der Waals surface area contributed by atoms with Gasteiger partial charge in [0.25, 0.3) is 10.2 Å². The molecule has 11 heteroatoms. The van der Waals surface area contributed by atoms with Crippen molar-refractivity contribution in [3.63, 3.8) is 0 Å². The molecule has 0 fully saturated rings. The minimum absolute atomic E-state index is 0.0662. The number of hydrogen-bond donors (Lipinski definition) is 4. The normalized spacial score (nSPS) is 14.2. The molecule has 0 radical (unpaired) electrons. The smallest absolute Gasteiger partial charge is 0.408 e. The van der Waals surface area contributed by atoms with E-state index in [1.54, 1.807) is 0 Å². The molecule has 0 aliphatic carbocycles. The minimum Gasteiger partial charge on any atom is -0.445 e. The lowest BCUT2D eigenvalue weighted by Crippen LogP contribution is -2.48. The van der Waals surface area contributed by atoms with Gasteiger partial charge in [0.2, 0.25) is 5.91 Å². The van der Waals surface area contributed by atoms with E-state index < -0.39 is 28.3 Å². The molecule has 5 N–H and O–H groups in total. The summed E-state index contributed by atoms with van der Waals surface area (Å²) in [5.74, 6) is 0.100. The lowest BCUT2D eigenvalue weighted by molar-refractivity contribution is -0.121. The second-order valence-corrected chi connectivity index (χ2v) is 10.1. The molecule has 2 amide bonds. The molecule has 1 aliphatic rings. The fourth-order valence-corrected chi connectivity index (χ4v) is 4.11. The Bertz CT molecular complexity index is 1230. The van der Waals surface area contributed by atoms with Crippen molar-refractivity contribution in [3.05, 3.63) is 77.4 Å². The second-order valence-electron chi connectivity index (χ2n) is 8.74. The summed E-state index contributed by atoms with van der Waals surface area (Å²) in [6.07, 6.45) is 3.74. The van der Waals surface area contributed by atoms with Crippen molar-refractivity contribution in [1.29, 1.82) is 0 Å². The first-order valence-corrected chi connectivity index (χ1v) is 13.6. The molecule has 10 nitrogen and oxygen atoms in total. The average Bonchev–Trinajstić information content (AvgIpc) is 2.87. The lowest BCUT2D eigenvalue weighted by Gasteiger charge is -2.20. The first-order chi connectivity index (χ1) is 17.7. The van der Waals surface area contributed by atoms with E-state index in [1.165, 1.54) is 0 Å². The largest absolute Gasteiger partial charge is 0.445 e. The molecule has 0 spiro atoms. The highest BCUT2D eigenvalue weighted by atomic mass is 32.2. The quantitative estimate of drug-likeness (QED) is 0.331. The van der Waals surface area contributed by atoms with Crippen LogP contribution in [0, 0.1) is 6.92 Å². The van der Waals surface area contributed by atoms with E-state index in [-0.39, 0.29) is 19.6 Å². The van der Waals surface area contributed by atoms with E-state index in [0.717, 1.165) is 28.8 Å². The topological polar surface area (TPSA) is 152 Å². The Morgan fingerprint density at radius 1 is 1.08 bits per heavy atom. The molecule has 1 aliphatic heterocycles. The molecule has 0 bridgehead atoms. The number of hydrogen-bond acceptors (Lipinski definition) is 6. The number of aryl methyl sites for hydroxylation is 1. The van der Waals surface area contributed by atoms with Crippen molar-refractivity contribution in [2.24, 2.45) is 10.1 Å². The van der Waals surface area contributed by atoms with Crippen LogP contribution >= 0.6 is 0 Å². The highest BCUT2D eigenvalue weighted by Crippen LogP contribution is 2.21. The third-order valence-electron chi connectivity index (χ3n) is 5.63. The number of amides is 2. The Balaban J connectivity index is 1.61. The summed E-state index contributed by atoms with van der Waals surface area (Å²) >= 11 is 0. The first kappa shape index (κ1) is 28.0. The number of alkyl carbamates (subject to hydrolysis) is 1. The van der Waals surface area contributed by atoms with Crippen LogP contribution in [-0.4, -0.2) is 38.8 Å². The van der Waals surface area contributed by atoms with Crippen LogP contribution in [0.25, 0.3) is 5.70 Å². The molecule has 0 unspecified atom stereocenters. The van der Waals surface area contributed by atoms with Gasteiger partial charge in [-0.25, -0.2) is 19.6 Å². The summed E-state index contributed by atoms with van der Waals surface area (Å²) < 4.78 is 29.6. The zero-order chi connectivity index (χ0) is 26.7. The van der Waals surface area contributed by atoms with Crippen molar-refractivity contribution in [2.75, 3.05) is 6.54 Å². The van der Waals surface area contributed by atoms with Crippen LogP contribution in [0.2, 0.25) is 0 Å². The molecule has 3 rings (SSSR count). The summed E-state index contributed by atoms with van der Waals surface area (Å²) in [5, 5.41) is 10.4. The van der Waals surface area contributed by atoms with Crippen LogP contribution in [-0.2, 0) is 26.3 Å². The van der Waals surface area contributed by atoms with Gasteiger partial charge in [0.05, 0.1) is 5.70 Å². The Kier molecular flexibility index (Phi) is 10.4. The van der Waals surface area contributed by atoms with Crippen molar-refractivity contribution in [2.45, 2.75) is 51.7 Å². The fraction of sp³-hybridized carbons (Fsp3) is 0.346. The maximum absolute atomic E-state index is 13.1. The lowest BCUT2D eigenvalue weighted by atomic mass is 10.1. The molecule has 1 heterocycles. The van der Waals surface area contributed by atoms with Gasteiger partial charge >= 0.3 is 6.09 Å². The summed E-state index contributed by atoms with van der Waals surface area (Å²) in [6, 6.07) is 16.3. The molecule has 198 valence electrons. The second kappa shape index (κ2) is 13.7. The number of nitrogens with zero attached hydrogens (tertiary/aromatic N) is 1. The van der Waals surface area contributed by atoms with Crippen LogP contribution in [0.15, 0.2) is 65.7 Å². The number of benzene rings is 2. The zero-order valence-corrected chi connectivity index (χ0v) is 21.6. The van der Waals surface area contributed by atoms with Gasteiger partial charge in [-0.1, -0.05) is 66.2 Å². The highest BCUT2D eigenvalue weighted by Gasteiger charge is 2.23. The van der Waals surface area contributed by atoms with E-state index in [0.29, 0.717) is 25.1 Å². The summed E-state index contributed by atoms with van der Waals surface area (Å²) in [7, 11) is -3.78. The summed E-state index contributed by atoms with van der Waals surface area (Å²) in [6.45, 7) is 2.21. The summed E-state index contributed by atoms with van der Waals surface area (Å²) in [4.78, 5) is 30.2. The van der Waals surface area contributed by atoms with Gasteiger partial charge in [0.15, 0.2) is 0 Å². The standard InChI is InChI=1S/C26H33N5O5S/c1-19-13-15-21(16-14-19)22-11-7-12-24(29-22)31-25(32)23(10-5-6-17-28-37(27,34)35)30-26(33)36-18-20-8-3-2-4-9-20/h2-4,8-9,11,13-16,23,28H,5-7,10,12,17-18H2,1H3,(H,30,33)(H2,27,34,35)(H,29,31,32)/t23-/m0/s1. The number of nitrogens with two attached hydrogens (primary N) is 1. The van der Waals surface area contributed by atoms with Gasteiger partial charge in [0.1, 0.15) is 18.5 Å². The maximum atomic E-state index is 13.1. The van der Waals surface area contributed by atoms with Crippen LogP contribution in [0.3, 0.4) is 0 Å². The van der Waals surface area contributed by atoms with Crippen molar-refractivity contribution < 1.29 is 22.7 Å². The number of amidine groups is 1. The van der Waals surface area contributed by atoms with Gasteiger partial charge in [-0.05, 0) is 43.7 Å². The van der Waals surface area contributed by atoms with Gasteiger partial charge in [0, 0.05) is 13.0 Å². The van der Waals surface area contributed by atoms with Gasteiger partial charge < -0.3 is 15.4 Å². The highest BCUT2D eigenvalue weighted by molar-refractivity contribution is 7.87. The number of carbonyl (C=O) groups excluding carboxylic acids is 2. The number of allylic oxidation sites excluding steroid dienone is 1. The molecule has 2 aromatic carbocycles. The third kappa shape index (κ3) is 10.2. The van der Waals surface area contributed by atoms with Crippen molar-refractivity contribution >= 4 is 33.7 Å². The molecular formula is C26H33N5O5S. The number of carbonyl (C=O) groups is 2. The molecular weight excluding hydrogens is 494 g/mol. The van der Waals surface area contributed by atoms with Crippen LogP contribution in [0.4, 0.5) is 4.79 Å². The van der Waals surface area contributed by atoms with Crippen LogP contribution in [0.5, 0.6) is 0 Å². The van der Waals surface area contributed by atoms with Crippen LogP contribution in [0.1, 0.15) is 48.8 Å². The van der Waals surface area contributed by atoms with Crippen molar-refractivity contribution in [3.8, 4) is 0 Å². The maximum Gasteiger partial charge on any atom is 0.408 e. The van der Waals surface area contributed by atoms with Gasteiger partial charge in [-0.2, -0.15) is 8.42 Å². The zero-order valence-electron chi connectivity index (χ0n) is 20.8. The van der Waals surface area contributed by atoms with Crippen LogP contribution < -0.4 is 20.5 Å². The van der Waals surface area contributed by atoms with E-state index in [4.69, 9.17) is 9.88 Å². The predicted molar refractivity (Wildman–Crippen MR) is 142 cm³/mol. The van der Waals surface area contributed by atoms with E-state index >= 15 is 0 Å². The van der Waals surface area contributed by atoms with E-state index in [2.05, 4.69) is 20.3 Å². The molecule has 2 aromatic rings. The van der Waals surface area contributed by atoms with Gasteiger partial charge in [-0.3, -0.25) is 4.79 Å².